The monoisotopic (exact) mass is 392 g/mol. The van der Waals surface area contributed by atoms with Gasteiger partial charge >= 0.3 is 18.0 Å². The fourth-order valence-corrected chi connectivity index (χ4v) is 3.32. The third kappa shape index (κ3) is 5.22. The van der Waals surface area contributed by atoms with Crippen LogP contribution in [0.2, 0.25) is 0 Å². The summed E-state index contributed by atoms with van der Waals surface area (Å²) in [5, 5.41) is 2.64. The second kappa shape index (κ2) is 8.60. The maximum Gasteiger partial charge on any atom is 0.408 e. The maximum atomic E-state index is 12.6. The van der Waals surface area contributed by atoms with Crippen molar-refractivity contribution >= 4 is 18.0 Å². The van der Waals surface area contributed by atoms with Crippen LogP contribution in [0.1, 0.15) is 32.8 Å². The van der Waals surface area contributed by atoms with Crippen molar-refractivity contribution in [1.29, 1.82) is 0 Å². The Balaban J connectivity index is 2.30. The van der Waals surface area contributed by atoms with Crippen molar-refractivity contribution in [2.24, 2.45) is 0 Å². The smallest absolute Gasteiger partial charge is 0.408 e. The Labute approximate surface area is 165 Å². The molecule has 1 aromatic rings. The predicted octanol–water partition coefficient (Wildman–Crippen LogP) is 1.87. The molecular weight excluding hydrogens is 364 g/mol. The molecule has 8 nitrogen and oxygen atoms in total. The number of carbonyl (C=O) groups excluding carboxylic acids is 3. The number of methoxy groups -OCH3 is 2. The number of alkyl carbamates (subject to hydrolysis) is 1. The first-order valence-electron chi connectivity index (χ1n) is 9.05. The summed E-state index contributed by atoms with van der Waals surface area (Å²) in [5.74, 6) is -1.12. The van der Waals surface area contributed by atoms with E-state index in [0.29, 0.717) is 6.54 Å². The molecule has 1 fully saturated rings. The minimum absolute atomic E-state index is 0.0262. The zero-order chi connectivity index (χ0) is 20.9. The van der Waals surface area contributed by atoms with Gasteiger partial charge in [-0.1, -0.05) is 30.3 Å². The van der Waals surface area contributed by atoms with Gasteiger partial charge in [-0.3, -0.25) is 9.69 Å². The Morgan fingerprint density at radius 3 is 2.32 bits per heavy atom. The van der Waals surface area contributed by atoms with Crippen molar-refractivity contribution in [1.82, 2.24) is 10.2 Å². The van der Waals surface area contributed by atoms with E-state index in [1.54, 1.807) is 25.7 Å². The van der Waals surface area contributed by atoms with E-state index in [2.05, 4.69) is 5.32 Å². The number of ether oxygens (including phenoxy) is 3. The van der Waals surface area contributed by atoms with E-state index in [1.165, 1.54) is 14.2 Å². The second-order valence-electron chi connectivity index (χ2n) is 7.83. The van der Waals surface area contributed by atoms with Gasteiger partial charge in [0.05, 0.1) is 14.2 Å². The second-order valence-corrected chi connectivity index (χ2v) is 7.83. The lowest BCUT2D eigenvalue weighted by atomic mass is 9.96. The lowest BCUT2D eigenvalue weighted by Crippen LogP contribution is -2.57. The van der Waals surface area contributed by atoms with Crippen molar-refractivity contribution in [2.45, 2.75) is 50.9 Å². The van der Waals surface area contributed by atoms with Gasteiger partial charge in [-0.15, -0.1) is 0 Å². The highest BCUT2D eigenvalue weighted by molar-refractivity contribution is 5.89. The average molecular weight is 392 g/mol. The quantitative estimate of drug-likeness (QED) is 0.604. The molecule has 154 valence electrons. The van der Waals surface area contributed by atoms with Crippen LogP contribution in [0, 0.1) is 0 Å². The molecule has 0 bridgehead atoms. The Morgan fingerprint density at radius 1 is 1.14 bits per heavy atom. The predicted molar refractivity (Wildman–Crippen MR) is 101 cm³/mol. The van der Waals surface area contributed by atoms with E-state index in [9.17, 15) is 14.4 Å². The molecule has 8 heteroatoms. The molecule has 0 saturated carbocycles. The van der Waals surface area contributed by atoms with Gasteiger partial charge in [-0.05, 0) is 26.3 Å². The molecule has 0 aliphatic carbocycles. The van der Waals surface area contributed by atoms with E-state index in [4.69, 9.17) is 14.2 Å². The molecule has 1 aliphatic rings. The van der Waals surface area contributed by atoms with Gasteiger partial charge in [0.2, 0.25) is 0 Å². The first-order chi connectivity index (χ1) is 13.1. The van der Waals surface area contributed by atoms with Gasteiger partial charge in [-0.25, -0.2) is 9.59 Å². The van der Waals surface area contributed by atoms with Gasteiger partial charge < -0.3 is 19.5 Å². The van der Waals surface area contributed by atoms with Crippen LogP contribution in [0.5, 0.6) is 0 Å². The van der Waals surface area contributed by atoms with E-state index < -0.39 is 35.2 Å². The molecule has 1 heterocycles. The number of amides is 1. The van der Waals surface area contributed by atoms with E-state index in [-0.39, 0.29) is 13.0 Å². The molecule has 2 rings (SSSR count). The summed E-state index contributed by atoms with van der Waals surface area (Å²) in [4.78, 5) is 39.2. The summed E-state index contributed by atoms with van der Waals surface area (Å²) in [5.41, 5.74) is -1.18. The molecule has 1 aromatic carbocycles. The number of esters is 2. The fourth-order valence-electron chi connectivity index (χ4n) is 3.32. The number of hydrogen-bond acceptors (Lipinski definition) is 7. The lowest BCUT2D eigenvalue weighted by Gasteiger charge is -2.29. The summed E-state index contributed by atoms with van der Waals surface area (Å²) in [6, 6.07) is 8.82. The Hall–Kier alpha value is -2.61. The van der Waals surface area contributed by atoms with Crippen molar-refractivity contribution in [3.8, 4) is 0 Å². The van der Waals surface area contributed by atoms with Crippen LogP contribution in [-0.2, 0) is 30.3 Å². The van der Waals surface area contributed by atoms with Crippen LogP contribution in [0.3, 0.4) is 0 Å². The van der Waals surface area contributed by atoms with Crippen molar-refractivity contribution in [2.75, 3.05) is 20.8 Å². The first-order valence-corrected chi connectivity index (χ1v) is 9.05. The Kier molecular flexibility index (Phi) is 6.66. The van der Waals surface area contributed by atoms with Crippen molar-refractivity contribution < 1.29 is 28.6 Å². The van der Waals surface area contributed by atoms with Gasteiger partial charge in [0, 0.05) is 19.5 Å². The van der Waals surface area contributed by atoms with E-state index in [0.717, 1.165) is 5.56 Å². The zero-order valence-electron chi connectivity index (χ0n) is 17.0. The summed E-state index contributed by atoms with van der Waals surface area (Å²) in [7, 11) is 2.54. The third-order valence-electron chi connectivity index (χ3n) is 4.47. The topological polar surface area (TPSA) is 94.2 Å². The van der Waals surface area contributed by atoms with Crippen LogP contribution < -0.4 is 5.32 Å². The summed E-state index contributed by atoms with van der Waals surface area (Å²) in [6.07, 6.45) is -0.721. The highest BCUT2D eigenvalue weighted by Crippen LogP contribution is 2.31. The zero-order valence-corrected chi connectivity index (χ0v) is 17.0. The molecule has 1 aliphatic heterocycles. The van der Waals surface area contributed by atoms with Gasteiger partial charge in [0.1, 0.15) is 11.6 Å². The summed E-state index contributed by atoms with van der Waals surface area (Å²) in [6.45, 7) is 5.68. The Bertz CT molecular complexity index is 715. The molecule has 1 amide bonds. The van der Waals surface area contributed by atoms with Crippen LogP contribution in [0.4, 0.5) is 4.79 Å². The number of hydrogen-bond donors (Lipinski definition) is 1. The SMILES string of the molecule is COC(=O)[C@@H]1C[C@](NC(=O)OC(C)(C)C)(C(=O)OC)CN1Cc1ccccc1. The number of nitrogens with one attached hydrogen (secondary N) is 1. The van der Waals surface area contributed by atoms with Gasteiger partial charge in [0.15, 0.2) is 5.54 Å². The van der Waals surface area contributed by atoms with Gasteiger partial charge in [-0.2, -0.15) is 0 Å². The number of carbonyl (C=O) groups is 3. The largest absolute Gasteiger partial charge is 0.468 e. The van der Waals surface area contributed by atoms with Crippen LogP contribution in [-0.4, -0.2) is 60.9 Å². The molecule has 0 radical (unpaired) electrons. The Morgan fingerprint density at radius 2 is 1.79 bits per heavy atom. The molecule has 0 unspecified atom stereocenters. The number of nitrogens with zero attached hydrogens (tertiary/aromatic N) is 1. The lowest BCUT2D eigenvalue weighted by molar-refractivity contribution is -0.148. The minimum atomic E-state index is -1.41. The van der Waals surface area contributed by atoms with Crippen molar-refractivity contribution in [3.05, 3.63) is 35.9 Å². The normalized spacial score (nSPS) is 22.4. The number of likely N-dealkylation sites (tertiary alicyclic amines) is 1. The molecule has 0 spiro atoms. The molecule has 28 heavy (non-hydrogen) atoms. The highest BCUT2D eigenvalue weighted by atomic mass is 16.6. The van der Waals surface area contributed by atoms with Gasteiger partial charge in [0.25, 0.3) is 0 Å². The fraction of sp³-hybridized carbons (Fsp3) is 0.550. The molecule has 1 saturated heterocycles. The molecule has 1 N–H and O–H groups in total. The minimum Gasteiger partial charge on any atom is -0.468 e. The molecular formula is C20H28N2O6. The average Bonchev–Trinajstić information content (AvgIpc) is 2.98. The third-order valence-corrected chi connectivity index (χ3v) is 4.47. The summed E-state index contributed by atoms with van der Waals surface area (Å²) >= 11 is 0. The molecule has 0 aromatic heterocycles. The molecule has 2 atom stereocenters. The summed E-state index contributed by atoms with van der Waals surface area (Å²) < 4.78 is 15.2. The maximum absolute atomic E-state index is 12.6. The van der Waals surface area contributed by atoms with E-state index >= 15 is 0 Å². The van der Waals surface area contributed by atoms with Crippen LogP contribution >= 0.6 is 0 Å². The van der Waals surface area contributed by atoms with E-state index in [1.807, 2.05) is 30.3 Å². The number of rotatable bonds is 5. The standard InChI is InChI=1S/C20H28N2O6/c1-19(2,3)28-18(25)21-20(17(24)27-5)11-15(16(23)26-4)22(13-20)12-14-9-7-6-8-10-14/h6-10,15H,11-13H2,1-5H3,(H,21,25)/t15-,20+/m0/s1. The number of benzene rings is 1. The highest BCUT2D eigenvalue weighted by Gasteiger charge is 2.54. The van der Waals surface area contributed by atoms with Crippen LogP contribution in [0.25, 0.3) is 0 Å². The van der Waals surface area contributed by atoms with Crippen molar-refractivity contribution in [3.63, 3.8) is 0 Å². The first kappa shape index (κ1) is 21.7. The van der Waals surface area contributed by atoms with Crippen LogP contribution in [0.15, 0.2) is 30.3 Å².